The Labute approximate surface area is 182 Å². The predicted molar refractivity (Wildman–Crippen MR) is 117 cm³/mol. The highest BCUT2D eigenvalue weighted by molar-refractivity contribution is 8.32. The molecular weight excluding hydrogens is 450 g/mol. The average Bonchev–Trinajstić information content (AvgIpc) is 2.56. The van der Waals surface area contributed by atoms with E-state index in [0.29, 0.717) is 25.0 Å². The maximum absolute atomic E-state index is 13.6. The van der Waals surface area contributed by atoms with E-state index in [0.717, 1.165) is 20.3 Å². The number of hydrogen-bond acceptors (Lipinski definition) is 3. The van der Waals surface area contributed by atoms with Crippen molar-refractivity contribution >= 4 is 21.8 Å². The quantitative estimate of drug-likeness (QED) is 0.227. The Morgan fingerprint density at radius 2 is 1.50 bits per heavy atom. The Balaban J connectivity index is 4.72. The molecule has 0 saturated heterocycles. The molecule has 0 aromatic carbocycles. The first-order valence-corrected chi connectivity index (χ1v) is 14.0. The highest BCUT2D eigenvalue weighted by Crippen LogP contribution is 2.47. The van der Waals surface area contributed by atoms with Gasteiger partial charge >= 0.3 is 6.18 Å². The monoisotopic (exact) mass is 488 g/mol. The van der Waals surface area contributed by atoms with Gasteiger partial charge in [-0.3, -0.25) is 0 Å². The molecule has 184 valence electrons. The lowest BCUT2D eigenvalue weighted by Crippen LogP contribution is -2.44. The van der Waals surface area contributed by atoms with E-state index in [-0.39, 0.29) is 23.3 Å². The molecule has 0 amide bonds. The fourth-order valence-corrected chi connectivity index (χ4v) is 6.20. The van der Waals surface area contributed by atoms with Gasteiger partial charge in [-0.2, -0.15) is 24.9 Å². The first-order valence-electron chi connectivity index (χ1n) is 10.1. The minimum Gasteiger partial charge on any atom is -0.387 e. The average molecular weight is 489 g/mol. The number of thioether (sulfide) groups is 1. The highest BCUT2D eigenvalue weighted by Gasteiger charge is 2.50. The molecular formula is C20H38F6O2S2. The summed E-state index contributed by atoms with van der Waals surface area (Å²) in [5.41, 5.74) is -4.82. The zero-order chi connectivity index (χ0) is 24.0. The first-order chi connectivity index (χ1) is 13.3. The molecule has 5 atom stereocenters. The molecule has 30 heavy (non-hydrogen) atoms. The smallest absolute Gasteiger partial charge is 0.387 e. The summed E-state index contributed by atoms with van der Waals surface area (Å²) in [6, 6.07) is 0. The van der Waals surface area contributed by atoms with Crippen molar-refractivity contribution in [3.8, 4) is 0 Å². The lowest BCUT2D eigenvalue weighted by molar-refractivity contribution is -0.254. The minimum absolute atomic E-state index is 0.0768. The zero-order valence-corrected chi connectivity index (χ0v) is 20.4. The fraction of sp³-hybridized carbons (Fsp3) is 1.00. The topological polar surface area (TPSA) is 40.5 Å². The van der Waals surface area contributed by atoms with Gasteiger partial charge in [0.05, 0.1) is 5.60 Å². The Hall–Kier alpha value is 0.200. The normalized spacial score (nSPS) is 21.0. The summed E-state index contributed by atoms with van der Waals surface area (Å²) in [5.74, 6) is 0.609. The van der Waals surface area contributed by atoms with Gasteiger partial charge in [-0.05, 0) is 82.1 Å². The van der Waals surface area contributed by atoms with E-state index in [2.05, 4.69) is 18.8 Å². The fourth-order valence-electron chi connectivity index (χ4n) is 3.16. The van der Waals surface area contributed by atoms with Crippen LogP contribution in [0.2, 0.25) is 0 Å². The third kappa shape index (κ3) is 10.2. The van der Waals surface area contributed by atoms with Crippen molar-refractivity contribution in [1.29, 1.82) is 0 Å². The van der Waals surface area contributed by atoms with Crippen LogP contribution >= 0.6 is 21.8 Å². The maximum atomic E-state index is 13.6. The Morgan fingerprint density at radius 3 is 1.90 bits per heavy atom. The van der Waals surface area contributed by atoms with Crippen molar-refractivity contribution in [3.05, 3.63) is 0 Å². The van der Waals surface area contributed by atoms with Crippen molar-refractivity contribution in [1.82, 2.24) is 0 Å². The molecule has 10 heteroatoms. The van der Waals surface area contributed by atoms with Crippen LogP contribution in [-0.4, -0.2) is 75.2 Å². The maximum Gasteiger partial charge on any atom is 0.416 e. The number of rotatable bonds is 14. The summed E-state index contributed by atoms with van der Waals surface area (Å²) in [5, 5.41) is 19.5. The van der Waals surface area contributed by atoms with E-state index in [1.165, 1.54) is 11.8 Å². The molecule has 0 aromatic heterocycles. The second-order valence-corrected chi connectivity index (χ2v) is 15.1. The van der Waals surface area contributed by atoms with Crippen LogP contribution in [0.15, 0.2) is 0 Å². The third-order valence-corrected chi connectivity index (χ3v) is 9.47. The molecule has 0 bridgehead atoms. The van der Waals surface area contributed by atoms with Crippen LogP contribution in [0.5, 0.6) is 0 Å². The number of aliphatic hydroxyl groups is 2. The van der Waals surface area contributed by atoms with Crippen molar-refractivity contribution in [2.45, 2.75) is 99.8 Å². The van der Waals surface area contributed by atoms with Crippen molar-refractivity contribution in [3.63, 3.8) is 0 Å². The van der Waals surface area contributed by atoms with Crippen LogP contribution in [0.1, 0.15) is 59.3 Å². The third-order valence-electron chi connectivity index (χ3n) is 5.50. The molecule has 0 fully saturated rings. The van der Waals surface area contributed by atoms with E-state index in [1.807, 2.05) is 0 Å². The Bertz CT molecular complexity index is 493. The van der Waals surface area contributed by atoms with Crippen LogP contribution in [0.4, 0.5) is 26.3 Å². The SMILES string of the molecule is CCC(CC(C)(O)C(F)(F)F)SCCCC(CCC(C)(O)C(F)C(F)F)S(C)(C)C. The first kappa shape index (κ1) is 30.2. The van der Waals surface area contributed by atoms with Crippen molar-refractivity contribution in [2.24, 2.45) is 0 Å². The van der Waals surface area contributed by atoms with Gasteiger partial charge < -0.3 is 10.2 Å². The van der Waals surface area contributed by atoms with E-state index in [1.54, 1.807) is 6.92 Å². The summed E-state index contributed by atoms with van der Waals surface area (Å²) >= 11 is 1.39. The van der Waals surface area contributed by atoms with Crippen molar-refractivity contribution < 1.29 is 36.6 Å². The molecule has 2 nitrogen and oxygen atoms in total. The number of hydrogen-bond donors (Lipinski definition) is 2. The molecule has 0 aromatic rings. The minimum atomic E-state index is -4.68. The summed E-state index contributed by atoms with van der Waals surface area (Å²) in [6.07, 6.45) is -2.44. The van der Waals surface area contributed by atoms with E-state index in [4.69, 9.17) is 0 Å². The number of halogens is 6. The highest BCUT2D eigenvalue weighted by atomic mass is 32.3. The molecule has 0 saturated carbocycles. The zero-order valence-electron chi connectivity index (χ0n) is 18.7. The molecule has 0 aliphatic heterocycles. The summed E-state index contributed by atoms with van der Waals surface area (Å²) in [6.45, 7) is 3.66. The largest absolute Gasteiger partial charge is 0.416 e. The lowest BCUT2D eigenvalue weighted by Gasteiger charge is -2.38. The van der Waals surface area contributed by atoms with Crippen LogP contribution in [-0.2, 0) is 0 Å². The van der Waals surface area contributed by atoms with Gasteiger partial charge in [-0.15, -0.1) is 0 Å². The van der Waals surface area contributed by atoms with Crippen LogP contribution in [0, 0.1) is 0 Å². The molecule has 0 aliphatic carbocycles. The summed E-state index contributed by atoms with van der Waals surface area (Å²) in [7, 11) is -1.11. The van der Waals surface area contributed by atoms with Gasteiger partial charge in [0.15, 0.2) is 11.8 Å². The van der Waals surface area contributed by atoms with E-state index in [9.17, 15) is 36.6 Å². The standard InChI is InChI=1S/C20H38F6O2S2/c1-7-14(13-19(3,28)20(24,25)26)29-12-8-9-15(30(4,5)6)10-11-18(2,27)16(21)17(22)23/h14-17,27-28H,7-13H2,1-6H3. The predicted octanol–water partition coefficient (Wildman–Crippen LogP) is 6.18. The molecule has 0 rings (SSSR count). The van der Waals surface area contributed by atoms with Crippen LogP contribution in [0.25, 0.3) is 0 Å². The van der Waals surface area contributed by atoms with Gasteiger partial charge in [-0.25, -0.2) is 23.2 Å². The summed E-state index contributed by atoms with van der Waals surface area (Å²) < 4.78 is 77.5. The molecule has 0 aliphatic rings. The number of alkyl halides is 6. The lowest BCUT2D eigenvalue weighted by atomic mass is 9.93. The molecule has 2 N–H and O–H groups in total. The van der Waals surface area contributed by atoms with Crippen molar-refractivity contribution in [2.75, 3.05) is 24.5 Å². The second kappa shape index (κ2) is 11.9. The Morgan fingerprint density at radius 1 is 0.967 bits per heavy atom. The van der Waals surface area contributed by atoms with Gasteiger partial charge in [-0.1, -0.05) is 6.92 Å². The van der Waals surface area contributed by atoms with Gasteiger partial charge in [0.25, 0.3) is 6.43 Å². The molecule has 5 unspecified atom stereocenters. The van der Waals surface area contributed by atoms with E-state index >= 15 is 0 Å². The van der Waals surface area contributed by atoms with E-state index < -0.39 is 40.0 Å². The van der Waals surface area contributed by atoms with Gasteiger partial charge in [0, 0.05) is 5.25 Å². The van der Waals surface area contributed by atoms with Crippen LogP contribution in [0.3, 0.4) is 0 Å². The summed E-state index contributed by atoms with van der Waals surface area (Å²) in [4.78, 5) is 0. The molecule has 0 heterocycles. The van der Waals surface area contributed by atoms with Gasteiger partial charge in [0.2, 0.25) is 0 Å². The van der Waals surface area contributed by atoms with Crippen LogP contribution < -0.4 is 0 Å². The second-order valence-electron chi connectivity index (χ2n) is 9.20. The molecule has 0 radical (unpaired) electrons. The Kier molecular flexibility index (Phi) is 12.0. The van der Waals surface area contributed by atoms with Gasteiger partial charge in [0.1, 0.15) is 0 Å². The molecule has 0 spiro atoms.